The van der Waals surface area contributed by atoms with Crippen molar-refractivity contribution in [1.29, 1.82) is 0 Å². The SMILES string of the molecule is C=CC[C@]12CN(Cc3ccc(OC)cc3)C(=O)C[C@H]1c1ccccc1N2C(=O)OC. The van der Waals surface area contributed by atoms with Crippen LogP contribution in [0.1, 0.15) is 29.9 Å². The van der Waals surface area contributed by atoms with Gasteiger partial charge in [0.15, 0.2) is 0 Å². The molecule has 2 aliphatic heterocycles. The molecule has 156 valence electrons. The van der Waals surface area contributed by atoms with E-state index in [1.165, 1.54) is 7.11 Å². The fourth-order valence-electron chi connectivity index (χ4n) is 4.89. The Bertz CT molecular complexity index is 971. The van der Waals surface area contributed by atoms with Gasteiger partial charge in [-0.2, -0.15) is 0 Å². The molecule has 2 aromatic carbocycles. The summed E-state index contributed by atoms with van der Waals surface area (Å²) in [6.45, 7) is 4.83. The number of hydrogen-bond donors (Lipinski definition) is 0. The van der Waals surface area contributed by atoms with Gasteiger partial charge in [-0.3, -0.25) is 9.69 Å². The Balaban J connectivity index is 1.72. The number of fused-ring (bicyclic) bond motifs is 3. The number of methoxy groups -OCH3 is 2. The molecular formula is C24H26N2O4. The number of ether oxygens (including phenoxy) is 2. The Morgan fingerprint density at radius 1 is 1.20 bits per heavy atom. The maximum atomic E-state index is 13.1. The average Bonchev–Trinajstić information content (AvgIpc) is 3.03. The summed E-state index contributed by atoms with van der Waals surface area (Å²) in [5, 5.41) is 0. The van der Waals surface area contributed by atoms with Crippen LogP contribution in [0, 0.1) is 0 Å². The first-order chi connectivity index (χ1) is 14.5. The Labute approximate surface area is 176 Å². The van der Waals surface area contributed by atoms with Gasteiger partial charge in [0.1, 0.15) is 5.75 Å². The van der Waals surface area contributed by atoms with Crippen LogP contribution in [0.25, 0.3) is 0 Å². The smallest absolute Gasteiger partial charge is 0.414 e. The molecule has 0 N–H and O–H groups in total. The first-order valence-electron chi connectivity index (χ1n) is 10.0. The number of anilines is 1. The van der Waals surface area contributed by atoms with Crippen LogP contribution >= 0.6 is 0 Å². The van der Waals surface area contributed by atoms with E-state index in [9.17, 15) is 9.59 Å². The van der Waals surface area contributed by atoms with Crippen LogP contribution in [0.15, 0.2) is 61.2 Å². The minimum absolute atomic E-state index is 0.0806. The molecule has 0 spiro atoms. The van der Waals surface area contributed by atoms with Crippen molar-refractivity contribution in [3.05, 3.63) is 72.3 Å². The topological polar surface area (TPSA) is 59.1 Å². The number of benzene rings is 2. The fourth-order valence-corrected chi connectivity index (χ4v) is 4.89. The predicted molar refractivity (Wildman–Crippen MR) is 115 cm³/mol. The number of carbonyl (C=O) groups excluding carboxylic acids is 2. The van der Waals surface area contributed by atoms with Crippen LogP contribution in [-0.2, 0) is 16.1 Å². The first kappa shape index (κ1) is 20.0. The minimum atomic E-state index is -0.612. The van der Waals surface area contributed by atoms with E-state index in [2.05, 4.69) is 6.58 Å². The Hall–Kier alpha value is -3.28. The van der Waals surface area contributed by atoms with Crippen molar-refractivity contribution < 1.29 is 19.1 Å². The standard InChI is InChI=1S/C24H26N2O4/c1-4-13-24-16-25(15-17-9-11-18(29-2)12-10-17)22(27)14-20(24)19-7-5-6-8-21(19)26(24)23(28)30-3/h4-12,20H,1,13-16H2,2-3H3/t20-,24-/m0/s1. The Morgan fingerprint density at radius 3 is 2.60 bits per heavy atom. The van der Waals surface area contributed by atoms with Gasteiger partial charge < -0.3 is 14.4 Å². The first-order valence-corrected chi connectivity index (χ1v) is 10.0. The monoisotopic (exact) mass is 406 g/mol. The third-order valence-corrected chi connectivity index (χ3v) is 6.23. The molecule has 0 bridgehead atoms. The molecule has 2 amide bonds. The van der Waals surface area contributed by atoms with Crippen LogP contribution in [0.2, 0.25) is 0 Å². The summed E-state index contributed by atoms with van der Waals surface area (Å²) >= 11 is 0. The molecule has 2 heterocycles. The number of nitrogens with zero attached hydrogens (tertiary/aromatic N) is 2. The lowest BCUT2D eigenvalue weighted by atomic mass is 9.74. The number of carbonyl (C=O) groups is 2. The number of piperidine rings is 1. The summed E-state index contributed by atoms with van der Waals surface area (Å²) < 4.78 is 10.4. The van der Waals surface area contributed by atoms with E-state index >= 15 is 0 Å². The summed E-state index contributed by atoms with van der Waals surface area (Å²) in [5.74, 6) is 0.762. The lowest BCUT2D eigenvalue weighted by Gasteiger charge is -2.48. The van der Waals surface area contributed by atoms with Crippen LogP contribution in [0.5, 0.6) is 5.75 Å². The lowest BCUT2D eigenvalue weighted by Crippen LogP contribution is -2.62. The molecule has 30 heavy (non-hydrogen) atoms. The molecule has 0 radical (unpaired) electrons. The summed E-state index contributed by atoms with van der Waals surface area (Å²) in [5.41, 5.74) is 2.23. The molecule has 0 unspecified atom stereocenters. The quantitative estimate of drug-likeness (QED) is 0.701. The van der Waals surface area contributed by atoms with Crippen molar-refractivity contribution in [2.45, 2.75) is 30.8 Å². The molecule has 2 aliphatic rings. The van der Waals surface area contributed by atoms with Crippen LogP contribution in [0.4, 0.5) is 10.5 Å². The van der Waals surface area contributed by atoms with E-state index in [0.29, 0.717) is 25.9 Å². The molecule has 2 atom stereocenters. The number of rotatable bonds is 5. The van der Waals surface area contributed by atoms with Crippen LogP contribution in [0.3, 0.4) is 0 Å². The van der Waals surface area contributed by atoms with Gasteiger partial charge in [-0.05, 0) is 35.7 Å². The predicted octanol–water partition coefficient (Wildman–Crippen LogP) is 4.11. The largest absolute Gasteiger partial charge is 0.497 e. The molecular weight excluding hydrogens is 380 g/mol. The van der Waals surface area contributed by atoms with Crippen molar-refractivity contribution >= 4 is 17.7 Å². The Kier molecular flexibility index (Phi) is 5.24. The normalized spacial score (nSPS) is 22.3. The van der Waals surface area contributed by atoms with Gasteiger partial charge in [-0.15, -0.1) is 6.58 Å². The summed E-state index contributed by atoms with van der Waals surface area (Å²) in [4.78, 5) is 29.6. The van der Waals surface area contributed by atoms with Crippen LogP contribution in [-0.4, -0.2) is 43.2 Å². The van der Waals surface area contributed by atoms with Gasteiger partial charge in [0.2, 0.25) is 5.91 Å². The molecule has 2 aromatic rings. The zero-order valence-electron chi connectivity index (χ0n) is 17.3. The van der Waals surface area contributed by atoms with E-state index < -0.39 is 11.6 Å². The van der Waals surface area contributed by atoms with Gasteiger partial charge >= 0.3 is 6.09 Å². The average molecular weight is 406 g/mol. The summed E-state index contributed by atoms with van der Waals surface area (Å²) in [6.07, 6.45) is 2.32. The lowest BCUT2D eigenvalue weighted by molar-refractivity contribution is -0.136. The van der Waals surface area contributed by atoms with Crippen LogP contribution < -0.4 is 9.64 Å². The molecule has 1 saturated heterocycles. The number of likely N-dealkylation sites (tertiary alicyclic amines) is 1. The van der Waals surface area contributed by atoms with E-state index in [-0.39, 0.29) is 11.8 Å². The highest BCUT2D eigenvalue weighted by atomic mass is 16.5. The highest BCUT2D eigenvalue weighted by Crippen LogP contribution is 2.54. The van der Waals surface area contributed by atoms with Gasteiger partial charge in [0.05, 0.1) is 25.4 Å². The number of amides is 2. The molecule has 0 aliphatic carbocycles. The van der Waals surface area contributed by atoms with Gasteiger partial charge in [0.25, 0.3) is 0 Å². The van der Waals surface area contributed by atoms with Gasteiger partial charge in [0, 0.05) is 25.4 Å². The van der Waals surface area contributed by atoms with Crippen molar-refractivity contribution in [1.82, 2.24) is 4.90 Å². The maximum Gasteiger partial charge on any atom is 0.414 e. The molecule has 6 nitrogen and oxygen atoms in total. The third-order valence-electron chi connectivity index (χ3n) is 6.23. The third kappa shape index (κ3) is 3.12. The second-order valence-corrected chi connectivity index (χ2v) is 7.82. The molecule has 0 aromatic heterocycles. The molecule has 6 heteroatoms. The summed E-state index contributed by atoms with van der Waals surface area (Å²) in [6, 6.07) is 15.5. The molecule has 1 fully saturated rings. The highest BCUT2D eigenvalue weighted by Gasteiger charge is 2.57. The zero-order valence-corrected chi connectivity index (χ0v) is 17.3. The highest BCUT2D eigenvalue weighted by molar-refractivity contribution is 5.95. The van der Waals surface area contributed by atoms with E-state index in [0.717, 1.165) is 22.6 Å². The van der Waals surface area contributed by atoms with E-state index in [4.69, 9.17) is 9.47 Å². The van der Waals surface area contributed by atoms with Gasteiger partial charge in [-0.1, -0.05) is 36.4 Å². The second kappa shape index (κ2) is 7.86. The van der Waals surface area contributed by atoms with Crippen molar-refractivity contribution in [3.8, 4) is 5.75 Å². The zero-order chi connectivity index (χ0) is 21.3. The molecule has 4 rings (SSSR count). The van der Waals surface area contributed by atoms with Crippen molar-refractivity contribution in [2.24, 2.45) is 0 Å². The number of hydrogen-bond acceptors (Lipinski definition) is 4. The second-order valence-electron chi connectivity index (χ2n) is 7.82. The van der Waals surface area contributed by atoms with Gasteiger partial charge in [-0.25, -0.2) is 4.79 Å². The number of para-hydroxylation sites is 1. The van der Waals surface area contributed by atoms with E-state index in [1.807, 2.05) is 59.5 Å². The fraction of sp³-hybridized carbons (Fsp3) is 0.333. The minimum Gasteiger partial charge on any atom is -0.497 e. The van der Waals surface area contributed by atoms with E-state index in [1.54, 1.807) is 12.0 Å². The van der Waals surface area contributed by atoms with Crippen molar-refractivity contribution in [3.63, 3.8) is 0 Å². The maximum absolute atomic E-state index is 13.1. The van der Waals surface area contributed by atoms with Crippen molar-refractivity contribution in [2.75, 3.05) is 25.7 Å². The Morgan fingerprint density at radius 2 is 1.93 bits per heavy atom. The molecule has 0 saturated carbocycles. The summed E-state index contributed by atoms with van der Waals surface area (Å²) in [7, 11) is 3.02.